The van der Waals surface area contributed by atoms with E-state index < -0.39 is 0 Å². The molecule has 0 radical (unpaired) electrons. The Labute approximate surface area is 114 Å². The molecule has 0 bridgehead atoms. The molecule has 1 aromatic heterocycles. The van der Waals surface area contributed by atoms with Crippen LogP contribution in [-0.2, 0) is 0 Å². The van der Waals surface area contributed by atoms with E-state index in [1.54, 1.807) is 33.4 Å². The average molecular weight is 286 g/mol. The summed E-state index contributed by atoms with van der Waals surface area (Å²) in [5, 5.41) is 4.15. The Morgan fingerprint density at radius 3 is 2.61 bits per heavy atom. The van der Waals surface area contributed by atoms with E-state index in [9.17, 15) is 0 Å². The first-order valence-electron chi connectivity index (χ1n) is 5.13. The van der Waals surface area contributed by atoms with Crippen LogP contribution >= 0.6 is 23.1 Å². The van der Waals surface area contributed by atoms with Crippen LogP contribution in [-0.4, -0.2) is 30.6 Å². The van der Waals surface area contributed by atoms with Gasteiger partial charge in [0.2, 0.25) is 5.13 Å². The molecule has 0 atom stereocenters. The maximum Gasteiger partial charge on any atom is 0.202 e. The van der Waals surface area contributed by atoms with Gasteiger partial charge in [0.05, 0.1) is 19.2 Å². The average Bonchev–Trinajstić information content (AvgIpc) is 2.86. The minimum atomic E-state index is 0.465. The summed E-state index contributed by atoms with van der Waals surface area (Å²) in [4.78, 5) is 4.31. The molecule has 1 N–H and O–H groups in total. The Morgan fingerprint density at radius 1 is 1.28 bits per heavy atom. The minimum absolute atomic E-state index is 0.465. The normalized spacial score (nSPS) is 10.2. The standard InChI is InChI=1S/C11H12ClN3O2S/c1-13-11-14-10(15-18-11)6-4-7(12)9(17-3)8(5-6)16-2/h4-5H,1-3H3,(H,13,14,15). The predicted molar refractivity (Wildman–Crippen MR) is 73.0 cm³/mol. The van der Waals surface area contributed by atoms with Crippen LogP contribution in [0.1, 0.15) is 0 Å². The molecule has 2 rings (SSSR count). The smallest absolute Gasteiger partial charge is 0.202 e. The first-order valence-corrected chi connectivity index (χ1v) is 6.28. The second kappa shape index (κ2) is 5.41. The van der Waals surface area contributed by atoms with E-state index in [0.29, 0.717) is 22.3 Å². The molecule has 0 saturated heterocycles. The van der Waals surface area contributed by atoms with Gasteiger partial charge >= 0.3 is 0 Å². The van der Waals surface area contributed by atoms with Crippen molar-refractivity contribution < 1.29 is 9.47 Å². The summed E-state index contributed by atoms with van der Waals surface area (Å²) in [6.45, 7) is 0. The maximum absolute atomic E-state index is 6.13. The van der Waals surface area contributed by atoms with Gasteiger partial charge in [-0.15, -0.1) is 0 Å². The predicted octanol–water partition coefficient (Wildman–Crippen LogP) is 2.92. The lowest BCUT2D eigenvalue weighted by Gasteiger charge is -2.10. The highest BCUT2D eigenvalue weighted by Gasteiger charge is 2.14. The zero-order valence-corrected chi connectivity index (χ0v) is 11.7. The molecule has 5 nitrogen and oxygen atoms in total. The summed E-state index contributed by atoms with van der Waals surface area (Å²) in [7, 11) is 4.90. The summed E-state index contributed by atoms with van der Waals surface area (Å²) in [6, 6.07) is 3.55. The van der Waals surface area contributed by atoms with Crippen molar-refractivity contribution in [3.05, 3.63) is 17.2 Å². The quantitative estimate of drug-likeness (QED) is 0.936. The Morgan fingerprint density at radius 2 is 2.06 bits per heavy atom. The van der Waals surface area contributed by atoms with Gasteiger partial charge in [0, 0.05) is 24.1 Å². The summed E-state index contributed by atoms with van der Waals surface area (Å²) < 4.78 is 14.7. The van der Waals surface area contributed by atoms with Crippen molar-refractivity contribution in [3.8, 4) is 22.9 Å². The van der Waals surface area contributed by atoms with Gasteiger partial charge in [0.1, 0.15) is 0 Å². The molecule has 0 aliphatic rings. The third-order valence-electron chi connectivity index (χ3n) is 2.33. The third-order valence-corrected chi connectivity index (χ3v) is 3.34. The molecule has 0 amide bonds. The number of methoxy groups -OCH3 is 2. The number of rotatable bonds is 4. The second-order valence-corrected chi connectivity index (χ2v) is 4.53. The first kappa shape index (κ1) is 12.9. The van der Waals surface area contributed by atoms with Gasteiger partial charge in [-0.05, 0) is 12.1 Å². The van der Waals surface area contributed by atoms with Gasteiger partial charge in [-0.25, -0.2) is 0 Å². The summed E-state index contributed by atoms with van der Waals surface area (Å²) in [6.07, 6.45) is 0. The number of aromatic nitrogens is 2. The van der Waals surface area contributed by atoms with Crippen LogP contribution < -0.4 is 14.8 Å². The molecule has 0 unspecified atom stereocenters. The van der Waals surface area contributed by atoms with E-state index in [2.05, 4.69) is 14.7 Å². The molecule has 0 saturated carbocycles. The molecular weight excluding hydrogens is 274 g/mol. The molecule has 0 fully saturated rings. The number of hydrogen-bond donors (Lipinski definition) is 1. The van der Waals surface area contributed by atoms with Crippen LogP contribution in [0.2, 0.25) is 5.02 Å². The Bertz CT molecular complexity index is 559. The number of nitrogens with zero attached hydrogens (tertiary/aromatic N) is 2. The molecule has 7 heteroatoms. The maximum atomic E-state index is 6.13. The first-order chi connectivity index (χ1) is 8.69. The van der Waals surface area contributed by atoms with E-state index in [-0.39, 0.29) is 0 Å². The zero-order valence-electron chi connectivity index (χ0n) is 10.2. The van der Waals surface area contributed by atoms with Crippen LogP contribution in [0.25, 0.3) is 11.4 Å². The lowest BCUT2D eigenvalue weighted by molar-refractivity contribution is 0.355. The molecule has 0 aliphatic carbocycles. The van der Waals surface area contributed by atoms with Crippen LogP contribution in [0.4, 0.5) is 5.13 Å². The zero-order chi connectivity index (χ0) is 13.1. The number of ether oxygens (including phenoxy) is 2. The summed E-state index contributed by atoms with van der Waals surface area (Å²) in [5.74, 6) is 1.67. The number of hydrogen-bond acceptors (Lipinski definition) is 6. The van der Waals surface area contributed by atoms with Crippen LogP contribution in [0.5, 0.6) is 11.5 Å². The lowest BCUT2D eigenvalue weighted by atomic mass is 10.2. The fourth-order valence-corrected chi connectivity index (χ4v) is 2.31. The molecule has 0 aliphatic heterocycles. The topological polar surface area (TPSA) is 56.3 Å². The van der Waals surface area contributed by atoms with E-state index >= 15 is 0 Å². The van der Waals surface area contributed by atoms with E-state index in [1.807, 2.05) is 0 Å². The molecule has 2 aromatic rings. The van der Waals surface area contributed by atoms with Crippen molar-refractivity contribution in [2.75, 3.05) is 26.6 Å². The van der Waals surface area contributed by atoms with Crippen LogP contribution in [0, 0.1) is 0 Å². The van der Waals surface area contributed by atoms with E-state index in [1.165, 1.54) is 11.5 Å². The molecule has 0 spiro atoms. The summed E-state index contributed by atoms with van der Waals surface area (Å²) in [5.41, 5.74) is 0.787. The third kappa shape index (κ3) is 2.34. The molecule has 18 heavy (non-hydrogen) atoms. The number of anilines is 1. The van der Waals surface area contributed by atoms with Crippen molar-refractivity contribution in [2.45, 2.75) is 0 Å². The second-order valence-electron chi connectivity index (χ2n) is 3.37. The molecular formula is C11H12ClN3O2S. The van der Waals surface area contributed by atoms with Crippen molar-refractivity contribution in [1.29, 1.82) is 0 Å². The van der Waals surface area contributed by atoms with Crippen molar-refractivity contribution in [1.82, 2.24) is 9.36 Å². The van der Waals surface area contributed by atoms with Gasteiger partial charge in [0.15, 0.2) is 17.3 Å². The SMILES string of the molecule is CNc1nc(-c2cc(Cl)c(OC)c(OC)c2)ns1. The Balaban J connectivity index is 2.48. The largest absolute Gasteiger partial charge is 0.493 e. The highest BCUT2D eigenvalue weighted by atomic mass is 35.5. The number of halogens is 1. The fourth-order valence-electron chi connectivity index (χ4n) is 1.49. The van der Waals surface area contributed by atoms with E-state index in [0.717, 1.165) is 10.7 Å². The van der Waals surface area contributed by atoms with Crippen LogP contribution in [0.15, 0.2) is 12.1 Å². The van der Waals surface area contributed by atoms with Crippen LogP contribution in [0.3, 0.4) is 0 Å². The van der Waals surface area contributed by atoms with Gasteiger partial charge in [0.25, 0.3) is 0 Å². The highest BCUT2D eigenvalue weighted by molar-refractivity contribution is 7.09. The Hall–Kier alpha value is -1.53. The Kier molecular flexibility index (Phi) is 3.88. The number of benzene rings is 1. The van der Waals surface area contributed by atoms with Crippen molar-refractivity contribution in [2.24, 2.45) is 0 Å². The molecule has 1 aromatic carbocycles. The van der Waals surface area contributed by atoms with E-state index in [4.69, 9.17) is 21.1 Å². The highest BCUT2D eigenvalue weighted by Crippen LogP contribution is 2.38. The van der Waals surface area contributed by atoms with Gasteiger partial charge in [-0.1, -0.05) is 11.6 Å². The fraction of sp³-hybridized carbons (Fsp3) is 0.273. The van der Waals surface area contributed by atoms with Gasteiger partial charge in [-0.3, -0.25) is 0 Å². The number of nitrogens with one attached hydrogen (secondary N) is 1. The minimum Gasteiger partial charge on any atom is -0.493 e. The van der Waals surface area contributed by atoms with Gasteiger partial charge < -0.3 is 14.8 Å². The molecule has 1 heterocycles. The van der Waals surface area contributed by atoms with Gasteiger partial charge in [-0.2, -0.15) is 9.36 Å². The van der Waals surface area contributed by atoms with Crippen molar-refractivity contribution in [3.63, 3.8) is 0 Å². The van der Waals surface area contributed by atoms with Crippen molar-refractivity contribution >= 4 is 28.3 Å². The lowest BCUT2D eigenvalue weighted by Crippen LogP contribution is -1.93. The molecule has 96 valence electrons. The summed E-state index contributed by atoms with van der Waals surface area (Å²) >= 11 is 7.42. The monoisotopic (exact) mass is 285 g/mol.